The first-order chi connectivity index (χ1) is 9.68. The monoisotopic (exact) mass is 296 g/mol. The van der Waals surface area contributed by atoms with Gasteiger partial charge in [0.15, 0.2) is 0 Å². The Morgan fingerprint density at radius 1 is 1.00 bits per heavy atom. The van der Waals surface area contributed by atoms with E-state index in [-0.39, 0.29) is 0 Å². The third kappa shape index (κ3) is 4.67. The molecule has 2 fully saturated rings. The molecule has 0 spiro atoms. The normalized spacial score (nSPS) is 30.6. The van der Waals surface area contributed by atoms with Gasteiger partial charge in [0.2, 0.25) is 0 Å². The first kappa shape index (κ1) is 17.2. The molecule has 2 aliphatic rings. The van der Waals surface area contributed by atoms with E-state index in [2.05, 4.69) is 51.8 Å². The predicted octanol–water partition coefficient (Wildman–Crippen LogP) is 3.15. The Bertz CT molecular complexity index is 323. The van der Waals surface area contributed by atoms with Crippen molar-refractivity contribution in [2.45, 2.75) is 66.5 Å². The molecule has 2 rings (SSSR count). The maximum absolute atomic E-state index is 5.53. The van der Waals surface area contributed by atoms with Crippen molar-refractivity contribution in [1.29, 1.82) is 0 Å². The summed E-state index contributed by atoms with van der Waals surface area (Å²) in [5.41, 5.74) is 0.664. The second-order valence-corrected chi connectivity index (χ2v) is 9.22. The van der Waals surface area contributed by atoms with E-state index >= 15 is 0 Å². The van der Waals surface area contributed by atoms with Gasteiger partial charge in [-0.15, -0.1) is 0 Å². The van der Waals surface area contributed by atoms with Crippen LogP contribution in [0.2, 0.25) is 0 Å². The molecule has 3 nitrogen and oxygen atoms in total. The molecule has 124 valence electrons. The molecule has 0 aromatic heterocycles. The summed E-state index contributed by atoms with van der Waals surface area (Å²) in [6, 6.07) is 1.23. The number of nitrogens with one attached hydrogen (secondary N) is 1. The molecule has 1 N–H and O–H groups in total. The van der Waals surface area contributed by atoms with Gasteiger partial charge in [0.1, 0.15) is 0 Å². The predicted molar refractivity (Wildman–Crippen MR) is 89.6 cm³/mol. The number of hydrogen-bond acceptors (Lipinski definition) is 3. The first-order valence-corrected chi connectivity index (χ1v) is 8.73. The number of piperazine rings is 1. The summed E-state index contributed by atoms with van der Waals surface area (Å²) in [5, 5.41) is 3.82. The van der Waals surface area contributed by atoms with Crippen LogP contribution in [0.5, 0.6) is 0 Å². The molecule has 2 unspecified atom stereocenters. The minimum atomic E-state index is 0.330. The molecule has 3 heteroatoms. The highest BCUT2D eigenvalue weighted by Crippen LogP contribution is 2.32. The van der Waals surface area contributed by atoms with Crippen LogP contribution in [-0.4, -0.2) is 49.8 Å². The lowest BCUT2D eigenvalue weighted by Gasteiger charge is -2.50. The van der Waals surface area contributed by atoms with E-state index in [0.29, 0.717) is 22.9 Å². The standard InChI is InChI=1S/C18H36N2O/c1-17(2,3)15-13-20(12-14-7-9-21-10-8-14)16(11-19-15)18(4,5)6/h14-16,19H,7-13H2,1-6H3. The van der Waals surface area contributed by atoms with Crippen molar-refractivity contribution in [3.63, 3.8) is 0 Å². The summed E-state index contributed by atoms with van der Waals surface area (Å²) < 4.78 is 5.53. The Balaban J connectivity index is 2.05. The van der Waals surface area contributed by atoms with Crippen LogP contribution in [-0.2, 0) is 4.74 Å². The Morgan fingerprint density at radius 3 is 2.14 bits per heavy atom. The molecule has 2 heterocycles. The topological polar surface area (TPSA) is 24.5 Å². The molecular formula is C18H36N2O. The molecule has 2 saturated heterocycles. The van der Waals surface area contributed by atoms with E-state index < -0.39 is 0 Å². The van der Waals surface area contributed by atoms with Crippen LogP contribution in [0.1, 0.15) is 54.4 Å². The molecule has 0 aromatic rings. The van der Waals surface area contributed by atoms with E-state index in [0.717, 1.165) is 25.7 Å². The quantitative estimate of drug-likeness (QED) is 0.847. The zero-order valence-electron chi connectivity index (χ0n) is 15.0. The van der Waals surface area contributed by atoms with Crippen molar-refractivity contribution >= 4 is 0 Å². The maximum atomic E-state index is 5.53. The van der Waals surface area contributed by atoms with Crippen molar-refractivity contribution in [3.05, 3.63) is 0 Å². The van der Waals surface area contributed by atoms with Crippen molar-refractivity contribution in [3.8, 4) is 0 Å². The zero-order chi connectivity index (χ0) is 15.7. The molecule has 0 aliphatic carbocycles. The van der Waals surface area contributed by atoms with Gasteiger partial charge in [-0.05, 0) is 29.6 Å². The van der Waals surface area contributed by atoms with Crippen LogP contribution < -0.4 is 5.32 Å². The molecule has 21 heavy (non-hydrogen) atoms. The summed E-state index contributed by atoms with van der Waals surface area (Å²) in [6.07, 6.45) is 2.47. The molecule has 0 bridgehead atoms. The first-order valence-electron chi connectivity index (χ1n) is 8.73. The minimum absolute atomic E-state index is 0.330. The van der Waals surface area contributed by atoms with Crippen LogP contribution in [0.15, 0.2) is 0 Å². The van der Waals surface area contributed by atoms with Crippen molar-refractivity contribution in [2.75, 3.05) is 32.8 Å². The van der Waals surface area contributed by atoms with E-state index in [4.69, 9.17) is 4.74 Å². The van der Waals surface area contributed by atoms with Gasteiger partial charge >= 0.3 is 0 Å². The average Bonchev–Trinajstić information content (AvgIpc) is 2.37. The second-order valence-electron chi connectivity index (χ2n) is 9.22. The summed E-state index contributed by atoms with van der Waals surface area (Å²) in [6.45, 7) is 19.7. The number of nitrogens with zero attached hydrogens (tertiary/aromatic N) is 1. The molecule has 0 radical (unpaired) electrons. The van der Waals surface area contributed by atoms with E-state index in [1.807, 2.05) is 0 Å². The molecule has 0 aromatic carbocycles. The molecule has 2 aliphatic heterocycles. The van der Waals surface area contributed by atoms with E-state index in [1.54, 1.807) is 0 Å². The van der Waals surface area contributed by atoms with E-state index in [1.165, 1.54) is 25.9 Å². The van der Waals surface area contributed by atoms with Gasteiger partial charge < -0.3 is 10.1 Å². The van der Waals surface area contributed by atoms with Crippen LogP contribution in [0.4, 0.5) is 0 Å². The van der Waals surface area contributed by atoms with Gasteiger partial charge in [0.25, 0.3) is 0 Å². The Morgan fingerprint density at radius 2 is 1.62 bits per heavy atom. The van der Waals surface area contributed by atoms with E-state index in [9.17, 15) is 0 Å². The highest BCUT2D eigenvalue weighted by Gasteiger charge is 2.39. The van der Waals surface area contributed by atoms with Crippen LogP contribution in [0.3, 0.4) is 0 Å². The molecule has 0 saturated carbocycles. The summed E-state index contributed by atoms with van der Waals surface area (Å²) in [5.74, 6) is 0.822. The van der Waals surface area contributed by atoms with Crippen LogP contribution in [0, 0.1) is 16.7 Å². The Kier molecular flexibility index (Phi) is 5.38. The second kappa shape index (κ2) is 6.55. The van der Waals surface area contributed by atoms with Gasteiger partial charge in [-0.2, -0.15) is 0 Å². The highest BCUT2D eigenvalue weighted by atomic mass is 16.5. The number of ether oxygens (including phenoxy) is 1. The molecular weight excluding hydrogens is 260 g/mol. The smallest absolute Gasteiger partial charge is 0.0469 e. The Labute approximate surface area is 131 Å². The number of rotatable bonds is 2. The zero-order valence-corrected chi connectivity index (χ0v) is 15.0. The lowest BCUT2D eigenvalue weighted by Crippen LogP contribution is -2.64. The lowest BCUT2D eigenvalue weighted by molar-refractivity contribution is -0.00245. The fourth-order valence-corrected chi connectivity index (χ4v) is 3.71. The number of hydrogen-bond donors (Lipinski definition) is 1. The third-order valence-corrected chi connectivity index (χ3v) is 5.29. The summed E-state index contributed by atoms with van der Waals surface area (Å²) >= 11 is 0. The van der Waals surface area contributed by atoms with Gasteiger partial charge in [-0.1, -0.05) is 41.5 Å². The summed E-state index contributed by atoms with van der Waals surface area (Å²) in [4.78, 5) is 2.78. The minimum Gasteiger partial charge on any atom is -0.381 e. The molecule has 0 amide bonds. The largest absolute Gasteiger partial charge is 0.381 e. The van der Waals surface area contributed by atoms with Gasteiger partial charge in [-0.3, -0.25) is 4.90 Å². The van der Waals surface area contributed by atoms with Crippen molar-refractivity contribution in [2.24, 2.45) is 16.7 Å². The fraction of sp³-hybridized carbons (Fsp3) is 1.00. The van der Waals surface area contributed by atoms with Crippen LogP contribution >= 0.6 is 0 Å². The van der Waals surface area contributed by atoms with Gasteiger partial charge in [0.05, 0.1) is 0 Å². The highest BCUT2D eigenvalue weighted by molar-refractivity contribution is 4.96. The SMILES string of the molecule is CC(C)(C)C1CN(CC2CCOCC2)C(C(C)(C)C)CN1. The van der Waals surface area contributed by atoms with Gasteiger partial charge in [-0.25, -0.2) is 0 Å². The maximum Gasteiger partial charge on any atom is 0.0469 e. The fourth-order valence-electron chi connectivity index (χ4n) is 3.71. The lowest BCUT2D eigenvalue weighted by atomic mass is 9.79. The van der Waals surface area contributed by atoms with Crippen molar-refractivity contribution < 1.29 is 4.74 Å². The average molecular weight is 296 g/mol. The third-order valence-electron chi connectivity index (χ3n) is 5.29. The van der Waals surface area contributed by atoms with Crippen LogP contribution in [0.25, 0.3) is 0 Å². The molecule has 2 atom stereocenters. The Hall–Kier alpha value is -0.120. The van der Waals surface area contributed by atoms with Crippen molar-refractivity contribution in [1.82, 2.24) is 10.2 Å². The van der Waals surface area contributed by atoms with Gasteiger partial charge in [0, 0.05) is 44.9 Å². The summed E-state index contributed by atoms with van der Waals surface area (Å²) in [7, 11) is 0.